The van der Waals surface area contributed by atoms with Crippen molar-refractivity contribution in [2.24, 2.45) is 0 Å². The van der Waals surface area contributed by atoms with Gasteiger partial charge < -0.3 is 0 Å². The summed E-state index contributed by atoms with van der Waals surface area (Å²) in [5.41, 5.74) is -0.597. The molecular formula is C14H9ClF2O3S. The van der Waals surface area contributed by atoms with Crippen LogP contribution in [0.3, 0.4) is 0 Å². The van der Waals surface area contributed by atoms with Crippen molar-refractivity contribution in [1.82, 2.24) is 0 Å². The van der Waals surface area contributed by atoms with Gasteiger partial charge in [-0.1, -0.05) is 17.7 Å². The lowest BCUT2D eigenvalue weighted by Crippen LogP contribution is -2.17. The molecule has 0 amide bonds. The highest BCUT2D eigenvalue weighted by molar-refractivity contribution is 7.92. The third-order valence-electron chi connectivity index (χ3n) is 2.71. The topological polar surface area (TPSA) is 51.2 Å². The first-order valence-electron chi connectivity index (χ1n) is 5.76. The van der Waals surface area contributed by atoms with Crippen LogP contribution in [0.25, 0.3) is 0 Å². The summed E-state index contributed by atoms with van der Waals surface area (Å²) >= 11 is 5.69. The van der Waals surface area contributed by atoms with Gasteiger partial charge in [-0.3, -0.25) is 4.79 Å². The van der Waals surface area contributed by atoms with Gasteiger partial charge in [0.25, 0.3) is 0 Å². The number of rotatable bonds is 4. The lowest BCUT2D eigenvalue weighted by molar-refractivity contribution is 0.101. The first-order valence-corrected chi connectivity index (χ1v) is 7.79. The fourth-order valence-electron chi connectivity index (χ4n) is 1.71. The number of halogens is 3. The fraction of sp³-hybridized carbons (Fsp3) is 0.0714. The Bertz CT molecular complexity index is 804. The molecule has 110 valence electrons. The Hall–Kier alpha value is -1.79. The summed E-state index contributed by atoms with van der Waals surface area (Å²) in [5.74, 6) is -3.78. The molecule has 0 saturated carbocycles. The van der Waals surface area contributed by atoms with Crippen LogP contribution in [0.2, 0.25) is 5.02 Å². The zero-order valence-corrected chi connectivity index (χ0v) is 12.1. The summed E-state index contributed by atoms with van der Waals surface area (Å²) in [7, 11) is -3.98. The van der Waals surface area contributed by atoms with Gasteiger partial charge in [0.15, 0.2) is 15.6 Å². The monoisotopic (exact) mass is 330 g/mol. The molecule has 2 aromatic rings. The molecule has 0 aliphatic carbocycles. The maximum Gasteiger partial charge on any atom is 0.185 e. The van der Waals surface area contributed by atoms with E-state index in [1.807, 2.05) is 0 Å². The average Bonchev–Trinajstić information content (AvgIpc) is 2.41. The molecule has 0 atom stereocenters. The first-order chi connectivity index (χ1) is 9.79. The van der Waals surface area contributed by atoms with Crippen molar-refractivity contribution in [3.05, 3.63) is 64.7 Å². The van der Waals surface area contributed by atoms with Crippen molar-refractivity contribution in [1.29, 1.82) is 0 Å². The Morgan fingerprint density at radius 3 is 2.48 bits per heavy atom. The average molecular weight is 331 g/mol. The minimum Gasteiger partial charge on any atom is -0.293 e. The first kappa shape index (κ1) is 15.6. The van der Waals surface area contributed by atoms with Crippen LogP contribution < -0.4 is 0 Å². The highest BCUT2D eigenvalue weighted by Crippen LogP contribution is 2.19. The van der Waals surface area contributed by atoms with Crippen LogP contribution >= 0.6 is 11.6 Å². The number of Topliss-reactive ketones (excluding diaryl/α,β-unsaturated/α-hetero) is 1. The maximum atomic E-state index is 13.5. The van der Waals surface area contributed by atoms with Gasteiger partial charge in [0.2, 0.25) is 0 Å². The second kappa shape index (κ2) is 5.91. The molecule has 0 unspecified atom stereocenters. The van der Waals surface area contributed by atoms with Crippen LogP contribution in [0.1, 0.15) is 10.4 Å². The molecule has 21 heavy (non-hydrogen) atoms. The van der Waals surface area contributed by atoms with Gasteiger partial charge in [-0.05, 0) is 36.4 Å². The van der Waals surface area contributed by atoms with Gasteiger partial charge in [0.05, 0.1) is 10.5 Å². The Morgan fingerprint density at radius 1 is 1.10 bits per heavy atom. The number of sulfone groups is 1. The summed E-state index contributed by atoms with van der Waals surface area (Å²) < 4.78 is 50.6. The molecule has 0 spiro atoms. The number of hydrogen-bond acceptors (Lipinski definition) is 3. The van der Waals surface area contributed by atoms with E-state index < -0.39 is 38.6 Å². The SMILES string of the molecule is O=C(CS(=O)(=O)c1cccc(Cl)c1)c1cc(F)ccc1F. The van der Waals surface area contributed by atoms with Crippen molar-refractivity contribution in [2.75, 3.05) is 5.75 Å². The molecule has 0 heterocycles. The quantitative estimate of drug-likeness (QED) is 0.808. The van der Waals surface area contributed by atoms with E-state index in [4.69, 9.17) is 11.6 Å². The molecule has 0 aliphatic heterocycles. The van der Waals surface area contributed by atoms with Gasteiger partial charge in [0, 0.05) is 5.02 Å². The number of carbonyl (C=O) groups is 1. The van der Waals surface area contributed by atoms with Gasteiger partial charge in [-0.2, -0.15) is 0 Å². The van der Waals surface area contributed by atoms with Crippen LogP contribution in [-0.2, 0) is 9.84 Å². The zero-order valence-electron chi connectivity index (χ0n) is 10.5. The minimum absolute atomic E-state index is 0.153. The van der Waals surface area contributed by atoms with Crippen LogP contribution in [0.15, 0.2) is 47.4 Å². The molecular weight excluding hydrogens is 322 g/mol. The normalized spacial score (nSPS) is 11.4. The van der Waals surface area contributed by atoms with Gasteiger partial charge in [-0.15, -0.1) is 0 Å². The molecule has 0 bridgehead atoms. The molecule has 0 fully saturated rings. The fourth-order valence-corrected chi connectivity index (χ4v) is 3.22. The Kier molecular flexibility index (Phi) is 4.39. The van der Waals surface area contributed by atoms with Crippen LogP contribution in [0, 0.1) is 11.6 Å². The number of hydrogen-bond donors (Lipinski definition) is 0. The van der Waals surface area contributed by atoms with Crippen molar-refractivity contribution in [3.63, 3.8) is 0 Å². The van der Waals surface area contributed by atoms with Crippen molar-refractivity contribution >= 4 is 27.2 Å². The predicted octanol–water partition coefficient (Wildman–Crippen LogP) is 3.27. The van der Waals surface area contributed by atoms with E-state index in [-0.39, 0.29) is 9.92 Å². The molecule has 0 aromatic heterocycles. The molecule has 0 radical (unpaired) electrons. The highest BCUT2D eigenvalue weighted by atomic mass is 35.5. The number of ketones is 1. The third-order valence-corrected chi connectivity index (χ3v) is 4.55. The van der Waals surface area contributed by atoms with Crippen LogP contribution in [0.4, 0.5) is 8.78 Å². The number of carbonyl (C=O) groups excluding carboxylic acids is 1. The summed E-state index contributed by atoms with van der Waals surface area (Å²) in [6.07, 6.45) is 0. The van der Waals surface area contributed by atoms with E-state index >= 15 is 0 Å². The molecule has 2 rings (SSSR count). The van der Waals surface area contributed by atoms with Gasteiger partial charge in [-0.25, -0.2) is 17.2 Å². The predicted molar refractivity (Wildman–Crippen MR) is 74.2 cm³/mol. The van der Waals surface area contributed by atoms with Crippen molar-refractivity contribution < 1.29 is 22.0 Å². The highest BCUT2D eigenvalue weighted by Gasteiger charge is 2.23. The van der Waals surface area contributed by atoms with E-state index in [0.29, 0.717) is 6.07 Å². The van der Waals surface area contributed by atoms with E-state index in [2.05, 4.69) is 0 Å². The Morgan fingerprint density at radius 2 is 1.81 bits per heavy atom. The maximum absolute atomic E-state index is 13.5. The second-order valence-electron chi connectivity index (χ2n) is 4.26. The van der Waals surface area contributed by atoms with Gasteiger partial charge in [0.1, 0.15) is 17.4 Å². The summed E-state index contributed by atoms with van der Waals surface area (Å²) in [4.78, 5) is 11.7. The number of benzene rings is 2. The van der Waals surface area contributed by atoms with Crippen molar-refractivity contribution in [3.8, 4) is 0 Å². The Labute approximate surface area is 125 Å². The Balaban J connectivity index is 2.32. The smallest absolute Gasteiger partial charge is 0.185 e. The zero-order chi connectivity index (χ0) is 15.6. The standard InChI is InChI=1S/C14H9ClF2O3S/c15-9-2-1-3-11(6-9)21(19,20)8-14(18)12-7-10(16)4-5-13(12)17/h1-7H,8H2. The molecule has 3 nitrogen and oxygen atoms in total. The minimum atomic E-state index is -3.98. The summed E-state index contributed by atoms with van der Waals surface area (Å²) in [6, 6.07) is 7.65. The van der Waals surface area contributed by atoms with Gasteiger partial charge >= 0.3 is 0 Å². The molecule has 0 saturated heterocycles. The second-order valence-corrected chi connectivity index (χ2v) is 6.69. The van der Waals surface area contributed by atoms with E-state index in [1.165, 1.54) is 24.3 Å². The van der Waals surface area contributed by atoms with Crippen LogP contribution in [0.5, 0.6) is 0 Å². The lowest BCUT2D eigenvalue weighted by Gasteiger charge is -2.05. The molecule has 7 heteroatoms. The van der Waals surface area contributed by atoms with E-state index in [9.17, 15) is 22.0 Å². The summed E-state index contributed by atoms with van der Waals surface area (Å²) in [6.45, 7) is 0. The third kappa shape index (κ3) is 3.65. The molecule has 0 aliphatic rings. The lowest BCUT2D eigenvalue weighted by atomic mass is 10.1. The van der Waals surface area contributed by atoms with Crippen molar-refractivity contribution in [2.45, 2.75) is 4.90 Å². The molecule has 2 aromatic carbocycles. The molecule has 0 N–H and O–H groups in total. The summed E-state index contributed by atoms with van der Waals surface area (Å²) in [5, 5.41) is 0.195. The van der Waals surface area contributed by atoms with E-state index in [1.54, 1.807) is 0 Å². The van der Waals surface area contributed by atoms with E-state index in [0.717, 1.165) is 12.1 Å². The largest absolute Gasteiger partial charge is 0.293 e. The van der Waals surface area contributed by atoms with Crippen LogP contribution in [-0.4, -0.2) is 20.0 Å².